The molecule has 22 heavy (non-hydrogen) atoms. The maximum atomic E-state index is 11.6. The van der Waals surface area contributed by atoms with Crippen LogP contribution < -0.4 is 10.6 Å². The van der Waals surface area contributed by atoms with E-state index < -0.39 is 5.91 Å². The highest BCUT2D eigenvalue weighted by atomic mass is 16.1. The minimum Gasteiger partial charge on any atom is -0.363 e. The van der Waals surface area contributed by atoms with Crippen molar-refractivity contribution in [2.45, 2.75) is 52.5 Å². The fourth-order valence-corrected chi connectivity index (χ4v) is 4.03. The van der Waals surface area contributed by atoms with Gasteiger partial charge in [-0.25, -0.2) is 0 Å². The lowest BCUT2D eigenvalue weighted by Gasteiger charge is -2.21. The van der Waals surface area contributed by atoms with E-state index in [1.165, 1.54) is 32.1 Å². The second kappa shape index (κ2) is 6.26. The van der Waals surface area contributed by atoms with E-state index in [1.54, 1.807) is 0 Å². The Morgan fingerprint density at radius 1 is 1.23 bits per heavy atom. The smallest absolute Gasteiger partial charge is 0.286 e. The van der Waals surface area contributed by atoms with Crippen LogP contribution in [0.4, 0.5) is 5.95 Å². The first-order chi connectivity index (χ1) is 10.6. The average Bonchev–Trinajstić information content (AvgIpc) is 3.17. The van der Waals surface area contributed by atoms with Gasteiger partial charge in [0, 0.05) is 19.6 Å². The van der Waals surface area contributed by atoms with Crippen molar-refractivity contribution in [2.75, 3.05) is 18.0 Å². The number of carbonyl (C=O) groups excluding carboxylic acids is 1. The third-order valence-electron chi connectivity index (χ3n) is 5.07. The van der Waals surface area contributed by atoms with Gasteiger partial charge in [0.15, 0.2) is 0 Å². The second-order valence-corrected chi connectivity index (χ2v) is 7.23. The van der Waals surface area contributed by atoms with E-state index in [4.69, 9.17) is 5.73 Å². The summed E-state index contributed by atoms with van der Waals surface area (Å²) in [5, 5.41) is 8.30. The van der Waals surface area contributed by atoms with Crippen LogP contribution in [0.1, 0.15) is 56.6 Å². The number of aromatic nitrogens is 3. The van der Waals surface area contributed by atoms with Gasteiger partial charge in [0.05, 0.1) is 0 Å². The monoisotopic (exact) mass is 305 g/mol. The quantitative estimate of drug-likeness (QED) is 0.903. The fourth-order valence-electron chi connectivity index (χ4n) is 4.03. The molecule has 6 nitrogen and oxygen atoms in total. The molecule has 122 valence electrons. The lowest BCUT2D eigenvalue weighted by atomic mass is 9.90. The zero-order valence-electron chi connectivity index (χ0n) is 13.7. The topological polar surface area (TPSA) is 77.0 Å². The van der Waals surface area contributed by atoms with E-state index >= 15 is 0 Å². The van der Waals surface area contributed by atoms with Crippen molar-refractivity contribution < 1.29 is 4.79 Å². The first-order valence-corrected chi connectivity index (χ1v) is 8.54. The molecule has 0 aromatic carbocycles. The molecule has 1 amide bonds. The molecule has 2 fully saturated rings. The molecule has 1 aliphatic carbocycles. The summed E-state index contributed by atoms with van der Waals surface area (Å²) in [5.74, 6) is 2.67. The molecule has 2 heterocycles. The summed E-state index contributed by atoms with van der Waals surface area (Å²) in [6.45, 7) is 7.03. The normalized spacial score (nSPS) is 22.9. The summed E-state index contributed by atoms with van der Waals surface area (Å²) in [6, 6.07) is 0. The van der Waals surface area contributed by atoms with Gasteiger partial charge >= 0.3 is 0 Å². The SMILES string of the molecule is CC(C)Cn1c(C(N)=O)nnc1N1CCC(C2CCCC2)C1. The van der Waals surface area contributed by atoms with Gasteiger partial charge in [0.2, 0.25) is 11.8 Å². The van der Waals surface area contributed by atoms with E-state index in [0.29, 0.717) is 5.92 Å². The highest BCUT2D eigenvalue weighted by molar-refractivity contribution is 5.89. The van der Waals surface area contributed by atoms with Gasteiger partial charge in [-0.15, -0.1) is 10.2 Å². The summed E-state index contributed by atoms with van der Waals surface area (Å²) in [4.78, 5) is 13.9. The molecule has 1 aromatic heterocycles. The van der Waals surface area contributed by atoms with Crippen molar-refractivity contribution in [3.05, 3.63) is 5.82 Å². The summed E-state index contributed by atoms with van der Waals surface area (Å²) >= 11 is 0. The molecule has 0 radical (unpaired) electrons. The number of amides is 1. The Hall–Kier alpha value is -1.59. The van der Waals surface area contributed by atoms with Gasteiger partial charge < -0.3 is 10.6 Å². The van der Waals surface area contributed by atoms with E-state index in [2.05, 4.69) is 28.9 Å². The predicted molar refractivity (Wildman–Crippen MR) is 85.7 cm³/mol. The van der Waals surface area contributed by atoms with E-state index in [9.17, 15) is 4.79 Å². The number of primary amides is 1. The number of carbonyl (C=O) groups is 1. The number of nitrogens with two attached hydrogens (primary N) is 1. The fraction of sp³-hybridized carbons (Fsp3) is 0.812. The Morgan fingerprint density at radius 3 is 2.59 bits per heavy atom. The third kappa shape index (κ3) is 2.96. The number of hydrogen-bond acceptors (Lipinski definition) is 4. The molecular weight excluding hydrogens is 278 g/mol. The lowest BCUT2D eigenvalue weighted by molar-refractivity contribution is 0.0985. The lowest BCUT2D eigenvalue weighted by Crippen LogP contribution is -2.27. The van der Waals surface area contributed by atoms with Crippen LogP contribution in [-0.4, -0.2) is 33.8 Å². The van der Waals surface area contributed by atoms with E-state index in [0.717, 1.165) is 37.4 Å². The van der Waals surface area contributed by atoms with Gasteiger partial charge in [-0.05, 0) is 24.2 Å². The molecule has 0 bridgehead atoms. The predicted octanol–water partition coefficient (Wildman–Crippen LogP) is 2.05. The number of nitrogens with zero attached hydrogens (tertiary/aromatic N) is 4. The minimum atomic E-state index is -0.495. The standard InChI is InChI=1S/C16H27N5O/c1-11(2)9-21-15(14(17)22)18-19-16(21)20-8-7-13(10-20)12-5-3-4-6-12/h11-13H,3-10H2,1-2H3,(H2,17,22). The average molecular weight is 305 g/mol. The summed E-state index contributed by atoms with van der Waals surface area (Å²) < 4.78 is 1.91. The first-order valence-electron chi connectivity index (χ1n) is 8.54. The van der Waals surface area contributed by atoms with Crippen LogP contribution in [0.3, 0.4) is 0 Å². The van der Waals surface area contributed by atoms with Crippen LogP contribution in [0.15, 0.2) is 0 Å². The van der Waals surface area contributed by atoms with Crippen LogP contribution in [0.2, 0.25) is 0 Å². The zero-order valence-corrected chi connectivity index (χ0v) is 13.7. The summed E-state index contributed by atoms with van der Waals surface area (Å²) in [5.41, 5.74) is 5.45. The molecule has 2 aliphatic rings. The van der Waals surface area contributed by atoms with Gasteiger partial charge in [0.25, 0.3) is 5.91 Å². The van der Waals surface area contributed by atoms with Crippen molar-refractivity contribution in [1.82, 2.24) is 14.8 Å². The third-order valence-corrected chi connectivity index (χ3v) is 5.07. The Kier molecular flexibility index (Phi) is 4.36. The van der Waals surface area contributed by atoms with Crippen molar-refractivity contribution in [3.8, 4) is 0 Å². The maximum Gasteiger partial charge on any atom is 0.286 e. The molecule has 1 unspecified atom stereocenters. The Bertz CT molecular complexity index is 533. The molecule has 1 aliphatic heterocycles. The largest absolute Gasteiger partial charge is 0.363 e. The summed E-state index contributed by atoms with van der Waals surface area (Å²) in [7, 11) is 0. The maximum absolute atomic E-state index is 11.6. The summed E-state index contributed by atoms with van der Waals surface area (Å²) in [6.07, 6.45) is 6.76. The van der Waals surface area contributed by atoms with Crippen molar-refractivity contribution in [1.29, 1.82) is 0 Å². The number of anilines is 1. The highest BCUT2D eigenvalue weighted by Gasteiger charge is 2.33. The molecule has 0 spiro atoms. The molecule has 3 rings (SSSR count). The molecule has 1 saturated carbocycles. The van der Waals surface area contributed by atoms with E-state index in [-0.39, 0.29) is 5.82 Å². The van der Waals surface area contributed by atoms with Gasteiger partial charge in [-0.2, -0.15) is 0 Å². The minimum absolute atomic E-state index is 0.285. The molecular formula is C16H27N5O. The molecule has 1 aromatic rings. The highest BCUT2D eigenvalue weighted by Crippen LogP contribution is 2.37. The van der Waals surface area contributed by atoms with Gasteiger partial charge in [-0.3, -0.25) is 9.36 Å². The van der Waals surface area contributed by atoms with Crippen LogP contribution >= 0.6 is 0 Å². The van der Waals surface area contributed by atoms with Crippen molar-refractivity contribution in [3.63, 3.8) is 0 Å². The molecule has 1 saturated heterocycles. The molecule has 2 N–H and O–H groups in total. The first kappa shape index (κ1) is 15.3. The van der Waals surface area contributed by atoms with Crippen LogP contribution in [-0.2, 0) is 6.54 Å². The zero-order chi connectivity index (χ0) is 15.7. The second-order valence-electron chi connectivity index (χ2n) is 7.23. The van der Waals surface area contributed by atoms with Crippen LogP contribution in [0, 0.1) is 17.8 Å². The van der Waals surface area contributed by atoms with E-state index in [1.807, 2.05) is 4.57 Å². The number of hydrogen-bond donors (Lipinski definition) is 1. The Morgan fingerprint density at radius 2 is 1.95 bits per heavy atom. The van der Waals surface area contributed by atoms with Crippen LogP contribution in [0.25, 0.3) is 0 Å². The van der Waals surface area contributed by atoms with Gasteiger partial charge in [-0.1, -0.05) is 39.5 Å². The van der Waals surface area contributed by atoms with Crippen molar-refractivity contribution in [2.24, 2.45) is 23.5 Å². The van der Waals surface area contributed by atoms with Gasteiger partial charge in [0.1, 0.15) is 0 Å². The van der Waals surface area contributed by atoms with Crippen molar-refractivity contribution >= 4 is 11.9 Å². The van der Waals surface area contributed by atoms with Crippen LogP contribution in [0.5, 0.6) is 0 Å². The molecule has 1 atom stereocenters. The Balaban J connectivity index is 1.78. The molecule has 6 heteroatoms. The number of rotatable bonds is 5. The Labute approximate surface area is 132 Å².